The van der Waals surface area contributed by atoms with Gasteiger partial charge in [-0.2, -0.15) is 10.2 Å². The largest absolute Gasteiger partial charge is 0.334 e. The number of aryl methyl sites for hydroxylation is 2. The molecule has 2 N–H and O–H groups in total. The fourth-order valence-corrected chi connectivity index (χ4v) is 2.28. The van der Waals surface area contributed by atoms with Crippen LogP contribution in [0.1, 0.15) is 11.3 Å². The lowest BCUT2D eigenvalue weighted by Crippen LogP contribution is -2.28. The number of anilines is 1. The Kier molecular flexibility index (Phi) is 4.28. The van der Waals surface area contributed by atoms with Crippen LogP contribution in [0.3, 0.4) is 0 Å². The van der Waals surface area contributed by atoms with Gasteiger partial charge in [-0.3, -0.25) is 9.36 Å². The van der Waals surface area contributed by atoms with E-state index in [9.17, 15) is 4.79 Å². The number of benzene rings is 1. The first-order valence-electron chi connectivity index (χ1n) is 7.51. The molecule has 0 spiro atoms. The highest BCUT2D eigenvalue weighted by molar-refractivity contribution is 5.89. The highest BCUT2D eigenvalue weighted by Gasteiger charge is 2.08. The molecular formula is C16H19N7O. The molecule has 0 aliphatic rings. The van der Waals surface area contributed by atoms with Gasteiger partial charge in [-0.1, -0.05) is 12.1 Å². The summed E-state index contributed by atoms with van der Waals surface area (Å²) in [5, 5.41) is 14.1. The van der Waals surface area contributed by atoms with Crippen LogP contribution in [0.25, 0.3) is 11.4 Å². The van der Waals surface area contributed by atoms with Gasteiger partial charge in [0.25, 0.3) is 0 Å². The van der Waals surface area contributed by atoms with Crippen LogP contribution in [0.15, 0.2) is 36.8 Å². The van der Waals surface area contributed by atoms with E-state index in [1.165, 1.54) is 0 Å². The molecule has 8 nitrogen and oxygen atoms in total. The first-order valence-corrected chi connectivity index (χ1v) is 7.51. The lowest BCUT2D eigenvalue weighted by Gasteiger charge is -2.08. The van der Waals surface area contributed by atoms with Gasteiger partial charge in [0, 0.05) is 43.1 Å². The van der Waals surface area contributed by atoms with Gasteiger partial charge in [0.15, 0.2) is 5.82 Å². The monoisotopic (exact) mass is 325 g/mol. The number of carbonyl (C=O) groups is 1. The average molecular weight is 325 g/mol. The summed E-state index contributed by atoms with van der Waals surface area (Å²) in [6.07, 6.45) is 3.39. The van der Waals surface area contributed by atoms with Gasteiger partial charge < -0.3 is 10.6 Å². The molecule has 0 aliphatic carbocycles. The first-order chi connectivity index (χ1) is 11.5. The molecular weight excluding hydrogens is 306 g/mol. The van der Waals surface area contributed by atoms with Crippen molar-refractivity contribution in [3.05, 3.63) is 48.0 Å². The van der Waals surface area contributed by atoms with Crippen molar-refractivity contribution in [2.24, 2.45) is 14.1 Å². The standard InChI is InChI=1S/C16H19N7O/c1-11-13(9-19-23(11)3)8-17-16(24)20-14-6-4-5-12(7-14)15-18-10-22(2)21-15/h4-7,9-10H,8H2,1-3H3,(H2,17,20,24). The van der Waals surface area contributed by atoms with E-state index < -0.39 is 0 Å². The predicted octanol–water partition coefficient (Wildman–Crippen LogP) is 1.85. The Labute approximate surface area is 139 Å². The number of urea groups is 1. The fourth-order valence-electron chi connectivity index (χ4n) is 2.28. The maximum atomic E-state index is 12.1. The van der Waals surface area contributed by atoms with E-state index in [1.54, 1.807) is 21.9 Å². The van der Waals surface area contributed by atoms with E-state index in [4.69, 9.17) is 0 Å². The first kappa shape index (κ1) is 15.7. The highest BCUT2D eigenvalue weighted by atomic mass is 16.2. The minimum absolute atomic E-state index is 0.274. The third-order valence-corrected chi connectivity index (χ3v) is 3.75. The number of nitrogens with one attached hydrogen (secondary N) is 2. The summed E-state index contributed by atoms with van der Waals surface area (Å²) in [6.45, 7) is 2.39. The zero-order valence-corrected chi connectivity index (χ0v) is 13.8. The SMILES string of the molecule is Cc1c(CNC(=O)Nc2cccc(-c3ncn(C)n3)c2)cnn1C. The molecule has 124 valence electrons. The smallest absolute Gasteiger partial charge is 0.319 e. The third kappa shape index (κ3) is 3.43. The number of hydrogen-bond acceptors (Lipinski definition) is 4. The lowest BCUT2D eigenvalue weighted by atomic mass is 10.2. The second-order valence-electron chi connectivity index (χ2n) is 5.51. The number of rotatable bonds is 4. The fraction of sp³-hybridized carbons (Fsp3) is 0.250. The summed E-state index contributed by atoms with van der Waals surface area (Å²) in [5.41, 5.74) is 3.54. The van der Waals surface area contributed by atoms with Gasteiger partial charge in [0.05, 0.1) is 6.20 Å². The van der Waals surface area contributed by atoms with Gasteiger partial charge in [0.1, 0.15) is 6.33 Å². The molecule has 2 amide bonds. The van der Waals surface area contributed by atoms with E-state index in [0.29, 0.717) is 18.1 Å². The van der Waals surface area contributed by atoms with Crippen LogP contribution in [0.4, 0.5) is 10.5 Å². The molecule has 24 heavy (non-hydrogen) atoms. The number of amides is 2. The van der Waals surface area contributed by atoms with Crippen LogP contribution in [0.2, 0.25) is 0 Å². The normalized spacial score (nSPS) is 10.6. The predicted molar refractivity (Wildman–Crippen MR) is 90.2 cm³/mol. The highest BCUT2D eigenvalue weighted by Crippen LogP contribution is 2.18. The molecule has 0 saturated heterocycles. The summed E-state index contributed by atoms with van der Waals surface area (Å²) in [7, 11) is 3.68. The van der Waals surface area contributed by atoms with E-state index in [2.05, 4.69) is 25.8 Å². The number of carbonyl (C=O) groups excluding carboxylic acids is 1. The number of nitrogens with zero attached hydrogens (tertiary/aromatic N) is 5. The maximum Gasteiger partial charge on any atom is 0.319 e. The topological polar surface area (TPSA) is 89.7 Å². The van der Waals surface area contributed by atoms with Crippen LogP contribution in [-0.4, -0.2) is 30.6 Å². The lowest BCUT2D eigenvalue weighted by molar-refractivity contribution is 0.251. The van der Waals surface area contributed by atoms with Crippen molar-refractivity contribution in [1.82, 2.24) is 29.9 Å². The van der Waals surface area contributed by atoms with Gasteiger partial charge >= 0.3 is 6.03 Å². The van der Waals surface area contributed by atoms with Crippen LogP contribution in [-0.2, 0) is 20.6 Å². The molecule has 3 aromatic rings. The summed E-state index contributed by atoms with van der Waals surface area (Å²) in [5.74, 6) is 0.618. The van der Waals surface area contributed by atoms with Crippen molar-refractivity contribution in [2.45, 2.75) is 13.5 Å². The van der Waals surface area contributed by atoms with Crippen LogP contribution in [0, 0.1) is 6.92 Å². The van der Waals surface area contributed by atoms with E-state index in [-0.39, 0.29) is 6.03 Å². The molecule has 0 unspecified atom stereocenters. The second kappa shape index (κ2) is 6.53. The Morgan fingerprint density at radius 3 is 2.79 bits per heavy atom. The van der Waals surface area contributed by atoms with Crippen molar-refractivity contribution in [2.75, 3.05) is 5.32 Å². The molecule has 2 heterocycles. The minimum Gasteiger partial charge on any atom is -0.334 e. The van der Waals surface area contributed by atoms with Crippen molar-refractivity contribution in [1.29, 1.82) is 0 Å². The molecule has 8 heteroatoms. The average Bonchev–Trinajstić information content (AvgIpc) is 3.13. The molecule has 0 atom stereocenters. The van der Waals surface area contributed by atoms with Crippen molar-refractivity contribution >= 4 is 11.7 Å². The maximum absolute atomic E-state index is 12.1. The summed E-state index contributed by atoms with van der Waals surface area (Å²) < 4.78 is 3.41. The van der Waals surface area contributed by atoms with Crippen LogP contribution in [0.5, 0.6) is 0 Å². The molecule has 0 radical (unpaired) electrons. The number of aromatic nitrogens is 5. The zero-order valence-electron chi connectivity index (χ0n) is 13.8. The van der Waals surface area contributed by atoms with Gasteiger partial charge in [-0.25, -0.2) is 9.78 Å². The quantitative estimate of drug-likeness (QED) is 0.766. The van der Waals surface area contributed by atoms with Crippen molar-refractivity contribution < 1.29 is 4.79 Å². The Hall–Kier alpha value is -3.16. The van der Waals surface area contributed by atoms with Gasteiger partial charge in [0.2, 0.25) is 0 Å². The Morgan fingerprint density at radius 2 is 2.12 bits per heavy atom. The molecule has 0 bridgehead atoms. The van der Waals surface area contributed by atoms with E-state index in [1.807, 2.05) is 45.3 Å². The number of hydrogen-bond donors (Lipinski definition) is 2. The third-order valence-electron chi connectivity index (χ3n) is 3.75. The molecule has 2 aromatic heterocycles. The molecule has 3 rings (SSSR count). The second-order valence-corrected chi connectivity index (χ2v) is 5.51. The minimum atomic E-state index is -0.274. The Morgan fingerprint density at radius 1 is 1.29 bits per heavy atom. The van der Waals surface area contributed by atoms with Crippen molar-refractivity contribution in [3.63, 3.8) is 0 Å². The summed E-state index contributed by atoms with van der Waals surface area (Å²) >= 11 is 0. The molecule has 1 aromatic carbocycles. The Bertz CT molecular complexity index is 865. The zero-order chi connectivity index (χ0) is 17.1. The summed E-state index contributed by atoms with van der Waals surface area (Å²) in [6, 6.07) is 7.14. The molecule has 0 fully saturated rings. The molecule has 0 saturated carbocycles. The van der Waals surface area contributed by atoms with Crippen LogP contribution < -0.4 is 10.6 Å². The Balaban J connectivity index is 1.63. The summed E-state index contributed by atoms with van der Waals surface area (Å²) in [4.78, 5) is 16.3. The van der Waals surface area contributed by atoms with E-state index >= 15 is 0 Å². The molecule has 0 aliphatic heterocycles. The van der Waals surface area contributed by atoms with Gasteiger partial charge in [-0.15, -0.1) is 0 Å². The van der Waals surface area contributed by atoms with Gasteiger partial charge in [-0.05, 0) is 19.1 Å². The van der Waals surface area contributed by atoms with E-state index in [0.717, 1.165) is 16.8 Å². The van der Waals surface area contributed by atoms with Crippen LogP contribution >= 0.6 is 0 Å². The van der Waals surface area contributed by atoms with Crippen molar-refractivity contribution in [3.8, 4) is 11.4 Å².